The smallest absolute Gasteiger partial charge is 0.154 e. The molecular weight excluding hydrogens is 242 g/mol. The molecule has 7 nitrogen and oxygen atoms in total. The minimum absolute atomic E-state index is 0.565. The largest absolute Gasteiger partial charge is 0.338 e. The number of aliphatic imine (C=N–C) groups is 1. The van der Waals surface area contributed by atoms with Gasteiger partial charge in [0.2, 0.25) is 0 Å². The third kappa shape index (κ3) is 2.12. The first kappa shape index (κ1) is 11.6. The Bertz CT molecular complexity index is 650. The van der Waals surface area contributed by atoms with Gasteiger partial charge in [0.05, 0.1) is 16.9 Å². The highest BCUT2D eigenvalue weighted by molar-refractivity contribution is 6.06. The van der Waals surface area contributed by atoms with Gasteiger partial charge in [0.25, 0.3) is 0 Å². The van der Waals surface area contributed by atoms with Crippen molar-refractivity contribution >= 4 is 23.0 Å². The molecule has 1 aromatic carbocycles. The van der Waals surface area contributed by atoms with Crippen molar-refractivity contribution in [1.29, 1.82) is 0 Å². The summed E-state index contributed by atoms with van der Waals surface area (Å²) in [6.07, 6.45) is 1.71. The van der Waals surface area contributed by atoms with Gasteiger partial charge in [0.15, 0.2) is 5.84 Å². The van der Waals surface area contributed by atoms with E-state index >= 15 is 0 Å². The van der Waals surface area contributed by atoms with Crippen LogP contribution in [0.15, 0.2) is 35.5 Å². The SMILES string of the molecule is Cc1ncc2c(n1)Nc1ccccc1N=C2NNN. The Morgan fingerprint density at radius 1 is 1.26 bits per heavy atom. The average Bonchev–Trinajstić information content (AvgIpc) is 2.55. The molecule has 3 rings (SSSR count). The van der Waals surface area contributed by atoms with E-state index in [1.807, 2.05) is 31.2 Å². The number of nitrogens with two attached hydrogens (primary N) is 1. The van der Waals surface area contributed by atoms with E-state index in [0.717, 1.165) is 16.9 Å². The second kappa shape index (κ2) is 4.63. The lowest BCUT2D eigenvalue weighted by Crippen LogP contribution is -2.42. The van der Waals surface area contributed by atoms with Crippen LogP contribution >= 0.6 is 0 Å². The lowest BCUT2D eigenvalue weighted by molar-refractivity contribution is 0.696. The second-order valence-corrected chi connectivity index (χ2v) is 4.05. The van der Waals surface area contributed by atoms with E-state index in [2.05, 4.69) is 31.2 Å². The Labute approximate surface area is 109 Å². The van der Waals surface area contributed by atoms with Gasteiger partial charge in [-0.05, 0) is 19.1 Å². The van der Waals surface area contributed by atoms with Gasteiger partial charge in [0.1, 0.15) is 11.6 Å². The van der Waals surface area contributed by atoms with Crippen molar-refractivity contribution in [2.75, 3.05) is 5.32 Å². The molecule has 5 N–H and O–H groups in total. The van der Waals surface area contributed by atoms with Crippen molar-refractivity contribution in [1.82, 2.24) is 20.9 Å². The Kier molecular flexibility index (Phi) is 2.82. The summed E-state index contributed by atoms with van der Waals surface area (Å²) in [7, 11) is 0. The van der Waals surface area contributed by atoms with Crippen LogP contribution in [0.5, 0.6) is 0 Å². The van der Waals surface area contributed by atoms with Gasteiger partial charge in [-0.2, -0.15) is 5.53 Å². The zero-order valence-electron chi connectivity index (χ0n) is 10.3. The number of fused-ring (bicyclic) bond motifs is 2. The lowest BCUT2D eigenvalue weighted by Gasteiger charge is -2.10. The minimum atomic E-state index is 0.565. The third-order valence-corrected chi connectivity index (χ3v) is 2.74. The van der Waals surface area contributed by atoms with Crippen LogP contribution in [0.2, 0.25) is 0 Å². The molecule has 1 aromatic heterocycles. The Morgan fingerprint density at radius 2 is 2.11 bits per heavy atom. The van der Waals surface area contributed by atoms with Crippen molar-refractivity contribution in [3.05, 3.63) is 41.9 Å². The molecule has 0 radical (unpaired) electrons. The van der Waals surface area contributed by atoms with E-state index in [1.54, 1.807) is 6.20 Å². The van der Waals surface area contributed by atoms with E-state index in [-0.39, 0.29) is 0 Å². The quantitative estimate of drug-likeness (QED) is 0.446. The number of hydrogen-bond acceptors (Lipinski definition) is 7. The van der Waals surface area contributed by atoms with Crippen molar-refractivity contribution in [3.63, 3.8) is 0 Å². The molecule has 0 amide bonds. The van der Waals surface area contributed by atoms with Crippen LogP contribution in [0.3, 0.4) is 0 Å². The van der Waals surface area contributed by atoms with Crippen LogP contribution in [0.4, 0.5) is 17.2 Å². The number of rotatable bonds is 1. The standard InChI is InChI=1S/C12H13N7/c1-7-14-6-8-11(15-7)16-9-4-2-3-5-10(9)17-12(8)18-19-13/h2-6,19H,13H2,1H3,(H,17,18)(H,14,15,16). The molecule has 1 aliphatic heterocycles. The first-order valence-corrected chi connectivity index (χ1v) is 5.78. The van der Waals surface area contributed by atoms with E-state index < -0.39 is 0 Å². The lowest BCUT2D eigenvalue weighted by atomic mass is 10.2. The summed E-state index contributed by atoms with van der Waals surface area (Å²) in [5.74, 6) is 7.26. The van der Waals surface area contributed by atoms with Crippen molar-refractivity contribution < 1.29 is 0 Å². The number of hydrazine groups is 2. The van der Waals surface area contributed by atoms with Crippen LogP contribution < -0.4 is 22.1 Å². The maximum atomic E-state index is 5.31. The number of benzene rings is 1. The molecular formula is C12H13N7. The van der Waals surface area contributed by atoms with Crippen molar-refractivity contribution in [2.45, 2.75) is 6.92 Å². The van der Waals surface area contributed by atoms with Crippen LogP contribution in [0.25, 0.3) is 0 Å². The van der Waals surface area contributed by atoms with E-state index in [1.165, 1.54) is 0 Å². The molecule has 2 heterocycles. The number of aromatic nitrogens is 2. The number of amidine groups is 1. The molecule has 96 valence electrons. The minimum Gasteiger partial charge on any atom is -0.338 e. The summed E-state index contributed by atoms with van der Waals surface area (Å²) in [6.45, 7) is 1.84. The fourth-order valence-corrected chi connectivity index (χ4v) is 1.89. The fourth-order valence-electron chi connectivity index (χ4n) is 1.89. The highest BCUT2D eigenvalue weighted by Crippen LogP contribution is 2.31. The summed E-state index contributed by atoms with van der Waals surface area (Å²) in [6, 6.07) is 7.71. The third-order valence-electron chi connectivity index (χ3n) is 2.74. The zero-order valence-corrected chi connectivity index (χ0v) is 10.3. The molecule has 0 atom stereocenters. The topological polar surface area (TPSA) is 100 Å². The van der Waals surface area contributed by atoms with Crippen molar-refractivity contribution in [3.8, 4) is 0 Å². The average molecular weight is 255 g/mol. The molecule has 0 spiro atoms. The molecule has 2 aromatic rings. The Balaban J connectivity index is 2.20. The fraction of sp³-hybridized carbons (Fsp3) is 0.0833. The predicted octanol–water partition coefficient (Wildman–Crippen LogP) is 0.888. The van der Waals surface area contributed by atoms with Crippen LogP contribution in [-0.4, -0.2) is 15.8 Å². The maximum absolute atomic E-state index is 5.31. The van der Waals surface area contributed by atoms with E-state index in [4.69, 9.17) is 5.84 Å². The summed E-state index contributed by atoms with van der Waals surface area (Å²) in [5.41, 5.74) is 7.62. The zero-order chi connectivity index (χ0) is 13.2. The van der Waals surface area contributed by atoms with E-state index in [9.17, 15) is 0 Å². The number of para-hydroxylation sites is 2. The first-order chi connectivity index (χ1) is 9.28. The molecule has 0 saturated heterocycles. The second-order valence-electron chi connectivity index (χ2n) is 4.05. The number of anilines is 2. The van der Waals surface area contributed by atoms with Gasteiger partial charge >= 0.3 is 0 Å². The van der Waals surface area contributed by atoms with E-state index in [0.29, 0.717) is 17.5 Å². The van der Waals surface area contributed by atoms with Gasteiger partial charge in [-0.15, -0.1) is 0 Å². The van der Waals surface area contributed by atoms with Crippen LogP contribution in [-0.2, 0) is 0 Å². The summed E-state index contributed by atoms with van der Waals surface area (Å²) < 4.78 is 0. The van der Waals surface area contributed by atoms with Gasteiger partial charge in [-0.25, -0.2) is 15.0 Å². The number of hydrogen-bond donors (Lipinski definition) is 4. The summed E-state index contributed by atoms with van der Waals surface area (Å²) in [4.78, 5) is 13.1. The van der Waals surface area contributed by atoms with Crippen LogP contribution in [0.1, 0.15) is 11.4 Å². The van der Waals surface area contributed by atoms with Crippen molar-refractivity contribution in [2.24, 2.45) is 10.8 Å². The molecule has 1 aliphatic rings. The number of nitrogens with one attached hydrogen (secondary N) is 3. The Hall–Kier alpha value is -2.51. The van der Waals surface area contributed by atoms with Gasteiger partial charge in [-0.1, -0.05) is 12.1 Å². The highest BCUT2D eigenvalue weighted by Gasteiger charge is 2.17. The molecule has 0 unspecified atom stereocenters. The molecule has 0 fully saturated rings. The molecule has 0 saturated carbocycles. The highest BCUT2D eigenvalue weighted by atomic mass is 15.5. The summed E-state index contributed by atoms with van der Waals surface area (Å²) >= 11 is 0. The predicted molar refractivity (Wildman–Crippen MR) is 73.1 cm³/mol. The summed E-state index contributed by atoms with van der Waals surface area (Å²) in [5, 5.41) is 3.26. The first-order valence-electron chi connectivity index (χ1n) is 5.78. The van der Waals surface area contributed by atoms with Gasteiger partial charge < -0.3 is 5.32 Å². The van der Waals surface area contributed by atoms with Crippen LogP contribution in [0, 0.1) is 6.92 Å². The number of nitrogens with zero attached hydrogens (tertiary/aromatic N) is 3. The Morgan fingerprint density at radius 3 is 2.95 bits per heavy atom. The van der Waals surface area contributed by atoms with Gasteiger partial charge in [0, 0.05) is 6.20 Å². The molecule has 0 aliphatic carbocycles. The molecule has 19 heavy (non-hydrogen) atoms. The molecule has 0 bridgehead atoms. The normalized spacial score (nSPS) is 12.6. The monoisotopic (exact) mass is 255 g/mol. The maximum Gasteiger partial charge on any atom is 0.154 e. The van der Waals surface area contributed by atoms with Gasteiger partial charge in [-0.3, -0.25) is 11.3 Å². The molecule has 7 heteroatoms. The number of aryl methyl sites for hydroxylation is 1.